The van der Waals surface area contributed by atoms with Gasteiger partial charge >= 0.3 is 5.97 Å². The molecule has 1 atom stereocenters. The van der Waals surface area contributed by atoms with Crippen molar-refractivity contribution in [1.82, 2.24) is 9.38 Å². The number of aromatic nitrogens is 2. The highest BCUT2D eigenvalue weighted by atomic mass is 19.1. The summed E-state index contributed by atoms with van der Waals surface area (Å²) in [5.74, 6) is -2.14. The smallest absolute Gasteiger partial charge is 0.311 e. The fourth-order valence-electron chi connectivity index (χ4n) is 3.47. The van der Waals surface area contributed by atoms with E-state index in [-0.39, 0.29) is 36.7 Å². The minimum absolute atomic E-state index is 0.0472. The van der Waals surface area contributed by atoms with E-state index in [2.05, 4.69) is 4.98 Å². The number of carbonyl (C=O) groups excluding carboxylic acids is 2. The lowest BCUT2D eigenvalue weighted by Gasteiger charge is -2.17. The number of halogens is 1. The number of ether oxygens (including phenoxy) is 1. The van der Waals surface area contributed by atoms with Crippen molar-refractivity contribution in [3.63, 3.8) is 0 Å². The third-order valence-corrected chi connectivity index (χ3v) is 4.90. The van der Waals surface area contributed by atoms with Crippen LogP contribution in [0.5, 0.6) is 0 Å². The van der Waals surface area contributed by atoms with E-state index >= 15 is 0 Å². The van der Waals surface area contributed by atoms with Gasteiger partial charge in [-0.2, -0.15) is 0 Å². The summed E-state index contributed by atoms with van der Waals surface area (Å²) in [6, 6.07) is 12.5. The summed E-state index contributed by atoms with van der Waals surface area (Å²) in [4.78, 5) is 42.5. The first-order chi connectivity index (χ1) is 13.9. The Morgan fingerprint density at radius 2 is 2.00 bits per heavy atom. The molecular weight excluding hydrogens is 377 g/mol. The molecule has 1 fully saturated rings. The number of rotatable bonds is 4. The molecular formula is C21H18FN3O4. The number of amides is 1. The molecule has 148 valence electrons. The summed E-state index contributed by atoms with van der Waals surface area (Å²) in [7, 11) is 0. The van der Waals surface area contributed by atoms with Crippen LogP contribution in [0.3, 0.4) is 0 Å². The van der Waals surface area contributed by atoms with E-state index in [9.17, 15) is 18.8 Å². The summed E-state index contributed by atoms with van der Waals surface area (Å²) in [5.41, 5.74) is 1.42. The zero-order valence-electron chi connectivity index (χ0n) is 15.7. The Labute approximate surface area is 165 Å². The van der Waals surface area contributed by atoms with E-state index < -0.39 is 17.7 Å². The highest BCUT2D eigenvalue weighted by Crippen LogP contribution is 2.28. The van der Waals surface area contributed by atoms with Gasteiger partial charge in [0.05, 0.1) is 17.3 Å². The second kappa shape index (κ2) is 7.46. The molecule has 0 spiro atoms. The van der Waals surface area contributed by atoms with Crippen molar-refractivity contribution in [3.05, 3.63) is 76.1 Å². The first-order valence-corrected chi connectivity index (χ1v) is 9.14. The molecule has 3 heterocycles. The number of nitrogens with zero attached hydrogens (tertiary/aromatic N) is 3. The van der Waals surface area contributed by atoms with Crippen LogP contribution in [0.1, 0.15) is 17.8 Å². The Kier molecular flexibility index (Phi) is 4.84. The van der Waals surface area contributed by atoms with Crippen LogP contribution in [-0.2, 0) is 20.9 Å². The predicted molar refractivity (Wildman–Crippen MR) is 103 cm³/mol. The van der Waals surface area contributed by atoms with Crippen molar-refractivity contribution in [2.75, 3.05) is 11.4 Å². The second-order valence-corrected chi connectivity index (χ2v) is 6.91. The molecule has 1 amide bonds. The monoisotopic (exact) mass is 395 g/mol. The number of aryl methyl sites for hydroxylation is 1. The van der Waals surface area contributed by atoms with Crippen molar-refractivity contribution in [1.29, 1.82) is 0 Å². The zero-order chi connectivity index (χ0) is 20.5. The van der Waals surface area contributed by atoms with Crippen LogP contribution in [0.2, 0.25) is 0 Å². The fraction of sp³-hybridized carbons (Fsp3) is 0.238. The lowest BCUT2D eigenvalue weighted by atomic mass is 10.1. The molecule has 29 heavy (non-hydrogen) atoms. The number of benzene rings is 1. The molecule has 2 aromatic heterocycles. The SMILES string of the molecule is Cc1cccc2nc(COC(=O)[C@@H]3CC(=O)N(c4ccccc4F)C3)cc(=O)n12. The molecule has 1 aliphatic rings. The quantitative estimate of drug-likeness (QED) is 0.633. The normalized spacial score (nSPS) is 16.4. The zero-order valence-corrected chi connectivity index (χ0v) is 15.7. The van der Waals surface area contributed by atoms with Crippen molar-refractivity contribution in [2.24, 2.45) is 5.92 Å². The summed E-state index contributed by atoms with van der Waals surface area (Å²) in [6.45, 7) is 1.67. The van der Waals surface area contributed by atoms with Crippen molar-refractivity contribution < 1.29 is 18.7 Å². The third kappa shape index (κ3) is 3.61. The van der Waals surface area contributed by atoms with E-state index in [1.165, 1.54) is 33.6 Å². The van der Waals surface area contributed by atoms with Gasteiger partial charge in [-0.3, -0.25) is 18.8 Å². The Balaban J connectivity index is 1.46. The van der Waals surface area contributed by atoms with Crippen LogP contribution < -0.4 is 10.5 Å². The molecule has 0 unspecified atom stereocenters. The summed E-state index contributed by atoms with van der Waals surface area (Å²) in [5, 5.41) is 0. The number of pyridine rings is 1. The van der Waals surface area contributed by atoms with Crippen LogP contribution in [0.4, 0.5) is 10.1 Å². The highest BCUT2D eigenvalue weighted by Gasteiger charge is 2.37. The molecule has 0 bridgehead atoms. The van der Waals surface area contributed by atoms with Gasteiger partial charge < -0.3 is 9.64 Å². The number of esters is 1. The number of hydrogen-bond donors (Lipinski definition) is 0. The molecule has 7 nitrogen and oxygen atoms in total. The van der Waals surface area contributed by atoms with Gasteiger partial charge in [0.25, 0.3) is 5.56 Å². The Hall–Kier alpha value is -3.55. The number of fused-ring (bicyclic) bond motifs is 1. The van der Waals surface area contributed by atoms with E-state index in [1.54, 1.807) is 31.2 Å². The van der Waals surface area contributed by atoms with Gasteiger partial charge in [-0.05, 0) is 31.2 Å². The van der Waals surface area contributed by atoms with Crippen LogP contribution in [0.15, 0.2) is 53.3 Å². The van der Waals surface area contributed by atoms with Crippen LogP contribution in [0.25, 0.3) is 5.65 Å². The van der Waals surface area contributed by atoms with Crippen LogP contribution >= 0.6 is 0 Å². The van der Waals surface area contributed by atoms with Gasteiger partial charge in [-0.25, -0.2) is 9.37 Å². The van der Waals surface area contributed by atoms with Gasteiger partial charge in [0.2, 0.25) is 5.91 Å². The molecule has 1 aliphatic heterocycles. The molecule has 1 aromatic carbocycles. The fourth-order valence-corrected chi connectivity index (χ4v) is 3.47. The summed E-state index contributed by atoms with van der Waals surface area (Å²) in [6.07, 6.45) is -0.0554. The van der Waals surface area contributed by atoms with E-state index in [0.29, 0.717) is 11.3 Å². The van der Waals surface area contributed by atoms with Gasteiger partial charge in [0, 0.05) is 24.7 Å². The molecule has 0 radical (unpaired) electrons. The Morgan fingerprint density at radius 1 is 1.21 bits per heavy atom. The highest BCUT2D eigenvalue weighted by molar-refractivity contribution is 5.99. The van der Waals surface area contributed by atoms with Crippen molar-refractivity contribution >= 4 is 23.2 Å². The standard InChI is InChI=1S/C21H18FN3O4/c1-13-5-4-8-18-23-15(10-20(27)25(13)18)12-29-21(28)14-9-19(26)24(11-14)17-7-3-2-6-16(17)22/h2-8,10,14H,9,11-12H2,1H3/t14-/m1/s1. The number of hydrogen-bond acceptors (Lipinski definition) is 5. The first-order valence-electron chi connectivity index (χ1n) is 9.14. The van der Waals surface area contributed by atoms with Crippen molar-refractivity contribution in [3.8, 4) is 0 Å². The van der Waals surface area contributed by atoms with Crippen molar-refractivity contribution in [2.45, 2.75) is 20.0 Å². The largest absolute Gasteiger partial charge is 0.459 e. The molecule has 3 aromatic rings. The molecule has 0 N–H and O–H groups in total. The predicted octanol–water partition coefficient (Wildman–Crippen LogP) is 2.24. The lowest BCUT2D eigenvalue weighted by Crippen LogP contribution is -2.27. The maximum Gasteiger partial charge on any atom is 0.311 e. The lowest BCUT2D eigenvalue weighted by molar-refractivity contribution is -0.149. The van der Waals surface area contributed by atoms with E-state index in [4.69, 9.17) is 4.74 Å². The second-order valence-electron chi connectivity index (χ2n) is 6.91. The van der Waals surface area contributed by atoms with Gasteiger partial charge in [-0.1, -0.05) is 18.2 Å². The molecule has 0 saturated carbocycles. The molecule has 4 rings (SSSR count). The van der Waals surface area contributed by atoms with Gasteiger partial charge in [0.1, 0.15) is 18.1 Å². The maximum absolute atomic E-state index is 14.0. The summed E-state index contributed by atoms with van der Waals surface area (Å²) >= 11 is 0. The summed E-state index contributed by atoms with van der Waals surface area (Å²) < 4.78 is 20.7. The Bertz CT molecular complexity index is 1170. The van der Waals surface area contributed by atoms with Gasteiger partial charge in [-0.15, -0.1) is 0 Å². The average molecular weight is 395 g/mol. The topological polar surface area (TPSA) is 81.0 Å². The van der Waals surface area contributed by atoms with E-state index in [0.717, 1.165) is 5.69 Å². The molecule has 0 aliphatic carbocycles. The molecule has 1 saturated heterocycles. The van der Waals surface area contributed by atoms with Crippen LogP contribution in [-0.4, -0.2) is 27.8 Å². The number of para-hydroxylation sites is 1. The molecule has 8 heteroatoms. The number of carbonyl (C=O) groups is 2. The van der Waals surface area contributed by atoms with E-state index in [1.807, 2.05) is 0 Å². The first kappa shape index (κ1) is 18.8. The average Bonchev–Trinajstić information content (AvgIpc) is 3.08. The maximum atomic E-state index is 14.0. The Morgan fingerprint density at radius 3 is 2.79 bits per heavy atom. The van der Waals surface area contributed by atoms with Gasteiger partial charge in [0.15, 0.2) is 0 Å². The third-order valence-electron chi connectivity index (χ3n) is 4.90. The number of anilines is 1. The van der Waals surface area contributed by atoms with Crippen LogP contribution in [0, 0.1) is 18.7 Å². The minimum Gasteiger partial charge on any atom is -0.459 e. The minimum atomic E-state index is -0.703.